The van der Waals surface area contributed by atoms with Crippen LogP contribution in [-0.2, 0) is 0 Å². The van der Waals surface area contributed by atoms with E-state index in [1.807, 2.05) is 56.5 Å². The highest BCUT2D eigenvalue weighted by Gasteiger charge is 2.42. The van der Waals surface area contributed by atoms with Crippen LogP contribution in [0.1, 0.15) is 45.2 Å². The number of hydrogen-bond donors (Lipinski definition) is 3. The van der Waals surface area contributed by atoms with Gasteiger partial charge < -0.3 is 15.1 Å². The Morgan fingerprint density at radius 3 is 2.60 bits per heavy atom. The number of nitrogens with one attached hydrogen (secondary N) is 1. The number of aliphatic hydroxyl groups is 1. The molecule has 6 nitrogen and oxygen atoms in total. The van der Waals surface area contributed by atoms with Crippen molar-refractivity contribution in [3.63, 3.8) is 0 Å². The molecular weight excluding hydrogens is 398 g/mol. The van der Waals surface area contributed by atoms with E-state index < -0.39 is 0 Å². The number of aliphatic hydroxyl groups excluding tert-OH is 1. The molecule has 3 N–H and O–H groups in total. The lowest BCUT2D eigenvalue weighted by atomic mass is 9.94. The molecule has 4 rings (SSSR count). The summed E-state index contributed by atoms with van der Waals surface area (Å²) in [4.78, 5) is 16.1. The van der Waals surface area contributed by atoms with E-state index in [9.17, 15) is 15.0 Å². The quantitative estimate of drug-likeness (QED) is 0.521. The zero-order chi connectivity index (χ0) is 21.4. The summed E-state index contributed by atoms with van der Waals surface area (Å²) in [6.45, 7) is 4.28. The molecule has 30 heavy (non-hydrogen) atoms. The van der Waals surface area contributed by atoms with Crippen molar-refractivity contribution in [2.45, 2.75) is 31.2 Å². The van der Waals surface area contributed by atoms with Crippen molar-refractivity contribution in [2.24, 2.45) is 0 Å². The third kappa shape index (κ3) is 3.38. The van der Waals surface area contributed by atoms with E-state index in [0.717, 1.165) is 27.1 Å². The molecule has 0 fully saturated rings. The second kappa shape index (κ2) is 8.16. The normalized spacial score (nSPS) is 15.7. The minimum absolute atomic E-state index is 0.0127. The molecule has 0 spiro atoms. The number of carbonyl (C=O) groups is 1. The Morgan fingerprint density at radius 1 is 1.20 bits per heavy atom. The number of fused-ring (bicyclic) bond motifs is 1. The Kier molecular flexibility index (Phi) is 5.58. The Hall–Kier alpha value is -2.77. The van der Waals surface area contributed by atoms with E-state index in [2.05, 4.69) is 10.2 Å². The Bertz CT molecular complexity index is 1090. The number of aromatic amines is 1. The third-order valence-electron chi connectivity index (χ3n) is 5.55. The standard InChI is InChI=1S/C23H25N3O3S/c1-13-11-14(2)22(28)17(12-13)19-18-20(25-24-19)23(29)26(9-4-10-27)21(18)15-5-7-16(30-3)8-6-15/h5-8,11-12,21,27-28H,4,9-10H2,1-3H3,(H,24,25)/t21-/m0/s1. The first kappa shape index (κ1) is 20.5. The predicted octanol–water partition coefficient (Wildman–Crippen LogP) is 4.05. The van der Waals surface area contributed by atoms with Gasteiger partial charge in [-0.05, 0) is 61.4 Å². The van der Waals surface area contributed by atoms with Gasteiger partial charge in [0.15, 0.2) is 0 Å². The number of aryl methyl sites for hydroxylation is 2. The zero-order valence-corrected chi connectivity index (χ0v) is 18.1. The van der Waals surface area contributed by atoms with Gasteiger partial charge in [0.25, 0.3) is 5.91 Å². The number of H-pyrrole nitrogens is 1. The van der Waals surface area contributed by atoms with Gasteiger partial charge in [-0.1, -0.05) is 18.2 Å². The SMILES string of the molecule is CSc1ccc([C@H]2c3c(-c4cc(C)cc(C)c4O)n[nH]c3C(=O)N2CCCO)cc1. The van der Waals surface area contributed by atoms with Gasteiger partial charge in [-0.2, -0.15) is 5.10 Å². The smallest absolute Gasteiger partial charge is 0.273 e. The van der Waals surface area contributed by atoms with E-state index >= 15 is 0 Å². The van der Waals surface area contributed by atoms with Crippen molar-refractivity contribution in [3.05, 3.63) is 64.3 Å². The first-order chi connectivity index (χ1) is 14.5. The minimum atomic E-state index is -0.330. The number of nitrogens with zero attached hydrogens (tertiary/aromatic N) is 2. The van der Waals surface area contributed by atoms with E-state index in [1.54, 1.807) is 16.7 Å². The molecule has 0 bridgehead atoms. The highest BCUT2D eigenvalue weighted by molar-refractivity contribution is 7.98. The maximum atomic E-state index is 13.2. The second-order valence-electron chi connectivity index (χ2n) is 7.59. The first-order valence-corrected chi connectivity index (χ1v) is 11.1. The molecular formula is C23H25N3O3S. The third-order valence-corrected chi connectivity index (χ3v) is 6.30. The lowest BCUT2D eigenvalue weighted by Gasteiger charge is -2.26. The van der Waals surface area contributed by atoms with Crippen molar-refractivity contribution >= 4 is 17.7 Å². The molecule has 1 aromatic heterocycles. The summed E-state index contributed by atoms with van der Waals surface area (Å²) in [5.41, 5.74) is 5.18. The van der Waals surface area contributed by atoms with Gasteiger partial charge in [0, 0.05) is 29.2 Å². The average molecular weight is 424 g/mol. The Balaban J connectivity index is 1.89. The lowest BCUT2D eigenvalue weighted by molar-refractivity contribution is 0.0732. The summed E-state index contributed by atoms with van der Waals surface area (Å²) in [6.07, 6.45) is 2.52. The lowest BCUT2D eigenvalue weighted by Crippen LogP contribution is -2.31. The molecule has 0 radical (unpaired) electrons. The van der Waals surface area contributed by atoms with Crippen molar-refractivity contribution in [2.75, 3.05) is 19.4 Å². The van der Waals surface area contributed by atoms with Gasteiger partial charge in [0.1, 0.15) is 17.1 Å². The van der Waals surface area contributed by atoms with Crippen molar-refractivity contribution in [1.29, 1.82) is 0 Å². The summed E-state index contributed by atoms with van der Waals surface area (Å²) in [5, 5.41) is 27.4. The first-order valence-electron chi connectivity index (χ1n) is 9.90. The van der Waals surface area contributed by atoms with Gasteiger partial charge in [-0.3, -0.25) is 9.89 Å². The Labute approximate surface area is 179 Å². The van der Waals surface area contributed by atoms with Crippen LogP contribution in [-0.4, -0.2) is 50.6 Å². The summed E-state index contributed by atoms with van der Waals surface area (Å²) in [5.74, 6) is 0.0349. The molecule has 1 atom stereocenters. The number of hydrogen-bond acceptors (Lipinski definition) is 5. The van der Waals surface area contributed by atoms with Crippen LogP contribution >= 0.6 is 11.8 Å². The number of phenolic OH excluding ortho intramolecular Hbond substituents is 1. The predicted molar refractivity (Wildman–Crippen MR) is 118 cm³/mol. The fourth-order valence-electron chi connectivity index (χ4n) is 4.15. The van der Waals surface area contributed by atoms with E-state index in [-0.39, 0.29) is 24.3 Å². The van der Waals surface area contributed by atoms with Crippen LogP contribution < -0.4 is 0 Å². The van der Waals surface area contributed by atoms with Gasteiger partial charge in [-0.25, -0.2) is 0 Å². The van der Waals surface area contributed by atoms with Crippen molar-refractivity contribution < 1.29 is 15.0 Å². The topological polar surface area (TPSA) is 89.5 Å². The zero-order valence-electron chi connectivity index (χ0n) is 17.3. The van der Waals surface area contributed by atoms with E-state index in [0.29, 0.717) is 29.9 Å². The minimum Gasteiger partial charge on any atom is -0.507 e. The van der Waals surface area contributed by atoms with Crippen LogP contribution in [0, 0.1) is 13.8 Å². The van der Waals surface area contributed by atoms with Crippen LogP contribution in [0.2, 0.25) is 0 Å². The number of aromatic nitrogens is 2. The van der Waals surface area contributed by atoms with Crippen LogP contribution in [0.15, 0.2) is 41.3 Å². The number of amides is 1. The number of phenols is 1. The molecule has 0 saturated heterocycles. The van der Waals surface area contributed by atoms with Gasteiger partial charge >= 0.3 is 0 Å². The molecule has 2 heterocycles. The van der Waals surface area contributed by atoms with Gasteiger partial charge in [0.2, 0.25) is 0 Å². The monoisotopic (exact) mass is 423 g/mol. The van der Waals surface area contributed by atoms with E-state index in [4.69, 9.17) is 0 Å². The molecule has 156 valence electrons. The van der Waals surface area contributed by atoms with Crippen LogP contribution in [0.25, 0.3) is 11.3 Å². The van der Waals surface area contributed by atoms with Crippen LogP contribution in [0.3, 0.4) is 0 Å². The van der Waals surface area contributed by atoms with Crippen LogP contribution in [0.5, 0.6) is 5.75 Å². The Morgan fingerprint density at radius 2 is 1.93 bits per heavy atom. The largest absolute Gasteiger partial charge is 0.507 e. The molecule has 1 amide bonds. The molecule has 1 aliphatic heterocycles. The highest BCUT2D eigenvalue weighted by atomic mass is 32.2. The molecule has 2 aromatic carbocycles. The number of benzene rings is 2. The fraction of sp³-hybridized carbons (Fsp3) is 0.304. The van der Waals surface area contributed by atoms with E-state index in [1.165, 1.54) is 0 Å². The average Bonchev–Trinajstić information content (AvgIpc) is 3.28. The summed E-state index contributed by atoms with van der Waals surface area (Å²) in [7, 11) is 0. The van der Waals surface area contributed by atoms with Crippen molar-refractivity contribution in [1.82, 2.24) is 15.1 Å². The molecule has 0 aliphatic carbocycles. The van der Waals surface area contributed by atoms with Gasteiger partial charge in [-0.15, -0.1) is 11.8 Å². The summed E-state index contributed by atoms with van der Waals surface area (Å²) in [6, 6.07) is 11.6. The summed E-state index contributed by atoms with van der Waals surface area (Å²) >= 11 is 1.66. The van der Waals surface area contributed by atoms with Crippen LogP contribution in [0.4, 0.5) is 0 Å². The maximum absolute atomic E-state index is 13.2. The number of carbonyl (C=O) groups excluding carboxylic acids is 1. The molecule has 3 aromatic rings. The second-order valence-corrected chi connectivity index (χ2v) is 8.47. The molecule has 0 unspecified atom stereocenters. The molecule has 0 saturated carbocycles. The molecule has 7 heteroatoms. The summed E-state index contributed by atoms with van der Waals surface area (Å²) < 4.78 is 0. The number of rotatable bonds is 6. The highest BCUT2D eigenvalue weighted by Crippen LogP contribution is 2.45. The fourth-order valence-corrected chi connectivity index (χ4v) is 4.56. The molecule has 1 aliphatic rings. The van der Waals surface area contributed by atoms with Gasteiger partial charge in [0.05, 0.1) is 6.04 Å². The number of thioether (sulfide) groups is 1. The number of aromatic hydroxyl groups is 1. The van der Waals surface area contributed by atoms with Crippen molar-refractivity contribution in [3.8, 4) is 17.0 Å². The maximum Gasteiger partial charge on any atom is 0.273 e.